The molecule has 122 valence electrons. The minimum Gasteiger partial charge on any atom is -0.495 e. The molecule has 1 aliphatic rings. The zero-order valence-electron chi connectivity index (χ0n) is 13.0. The number of rotatable bonds is 4. The van der Waals surface area contributed by atoms with Crippen LogP contribution in [0.15, 0.2) is 54.2 Å². The summed E-state index contributed by atoms with van der Waals surface area (Å²) >= 11 is 6.08. The minimum absolute atomic E-state index is 0.220. The van der Waals surface area contributed by atoms with Crippen LogP contribution in [-0.2, 0) is 11.3 Å². The quantitative estimate of drug-likeness (QED) is 0.684. The van der Waals surface area contributed by atoms with Gasteiger partial charge in [-0.15, -0.1) is 0 Å². The second-order valence-corrected chi connectivity index (χ2v) is 5.67. The number of amides is 3. The number of ether oxygens (including phenoxy) is 1. The van der Waals surface area contributed by atoms with Gasteiger partial charge in [0.1, 0.15) is 11.4 Å². The van der Waals surface area contributed by atoms with Crippen molar-refractivity contribution in [2.24, 2.45) is 0 Å². The average molecular weight is 343 g/mol. The highest BCUT2D eigenvalue weighted by Crippen LogP contribution is 2.26. The lowest BCUT2D eigenvalue weighted by Crippen LogP contribution is -2.30. The molecule has 0 bridgehead atoms. The lowest BCUT2D eigenvalue weighted by molar-refractivity contribution is -0.123. The van der Waals surface area contributed by atoms with E-state index in [1.807, 2.05) is 30.3 Å². The highest BCUT2D eigenvalue weighted by molar-refractivity contribution is 6.32. The Hall–Kier alpha value is -2.79. The van der Waals surface area contributed by atoms with Gasteiger partial charge in [0.15, 0.2) is 0 Å². The Kier molecular flexibility index (Phi) is 4.53. The fourth-order valence-corrected chi connectivity index (χ4v) is 2.69. The first kappa shape index (κ1) is 16.1. The Morgan fingerprint density at radius 1 is 1.17 bits per heavy atom. The lowest BCUT2D eigenvalue weighted by atomic mass is 10.1. The number of nitrogens with one attached hydrogen (secondary N) is 1. The molecule has 0 aromatic heterocycles. The first-order valence-electron chi connectivity index (χ1n) is 7.30. The van der Waals surface area contributed by atoms with E-state index in [1.54, 1.807) is 24.3 Å². The number of nitrogens with zero attached hydrogens (tertiary/aromatic N) is 1. The summed E-state index contributed by atoms with van der Waals surface area (Å²) < 4.78 is 5.09. The molecule has 0 radical (unpaired) electrons. The summed E-state index contributed by atoms with van der Waals surface area (Å²) in [7, 11) is 1.53. The molecule has 1 saturated heterocycles. The molecule has 0 aliphatic carbocycles. The van der Waals surface area contributed by atoms with E-state index < -0.39 is 6.03 Å². The summed E-state index contributed by atoms with van der Waals surface area (Å²) in [5, 5.41) is 3.03. The van der Waals surface area contributed by atoms with E-state index in [2.05, 4.69) is 5.32 Å². The second kappa shape index (κ2) is 6.76. The summed E-state index contributed by atoms with van der Waals surface area (Å²) in [4.78, 5) is 25.7. The van der Waals surface area contributed by atoms with Crippen LogP contribution in [0.25, 0.3) is 6.08 Å². The zero-order chi connectivity index (χ0) is 17.1. The number of hydrogen-bond acceptors (Lipinski definition) is 3. The molecule has 1 aliphatic heterocycles. The maximum atomic E-state index is 12.4. The van der Waals surface area contributed by atoms with Crippen molar-refractivity contribution < 1.29 is 14.3 Å². The van der Waals surface area contributed by atoms with Crippen molar-refractivity contribution >= 4 is 29.6 Å². The van der Waals surface area contributed by atoms with E-state index in [-0.39, 0.29) is 18.1 Å². The Morgan fingerprint density at radius 3 is 2.58 bits per heavy atom. The zero-order valence-corrected chi connectivity index (χ0v) is 13.7. The van der Waals surface area contributed by atoms with Gasteiger partial charge in [-0.2, -0.15) is 0 Å². The van der Waals surface area contributed by atoms with Crippen LogP contribution in [0.2, 0.25) is 5.02 Å². The molecule has 0 unspecified atom stereocenters. The fraction of sp³-hybridized carbons (Fsp3) is 0.111. The van der Waals surface area contributed by atoms with Gasteiger partial charge in [-0.05, 0) is 29.3 Å². The number of benzene rings is 2. The number of imide groups is 1. The summed E-state index contributed by atoms with van der Waals surface area (Å²) in [5.41, 5.74) is 1.80. The van der Waals surface area contributed by atoms with E-state index in [4.69, 9.17) is 16.3 Å². The van der Waals surface area contributed by atoms with Gasteiger partial charge in [0.2, 0.25) is 0 Å². The van der Waals surface area contributed by atoms with Gasteiger partial charge in [-0.25, -0.2) is 4.79 Å². The van der Waals surface area contributed by atoms with Crippen LogP contribution in [0.3, 0.4) is 0 Å². The highest BCUT2D eigenvalue weighted by atomic mass is 35.5. The number of methoxy groups -OCH3 is 1. The van der Waals surface area contributed by atoms with Crippen molar-refractivity contribution in [1.82, 2.24) is 10.2 Å². The van der Waals surface area contributed by atoms with Gasteiger partial charge >= 0.3 is 6.03 Å². The molecule has 0 saturated carbocycles. The standard InChI is InChI=1S/C18H15ClN2O3/c1-24-16-8-7-13(9-14(16)19)10-15-17(22)21(18(23)20-15)11-12-5-3-2-4-6-12/h2-10H,11H2,1H3,(H,20,23). The Bertz CT molecular complexity index is 818. The largest absolute Gasteiger partial charge is 0.495 e. The predicted octanol–water partition coefficient (Wildman–Crippen LogP) is 3.44. The van der Waals surface area contributed by atoms with Crippen LogP contribution in [0, 0.1) is 0 Å². The third-order valence-corrected chi connectivity index (χ3v) is 3.93. The van der Waals surface area contributed by atoms with Gasteiger partial charge in [-0.1, -0.05) is 48.0 Å². The first-order valence-corrected chi connectivity index (χ1v) is 7.68. The summed E-state index contributed by atoms with van der Waals surface area (Å²) in [6.45, 7) is 0.228. The molecule has 1 heterocycles. The molecule has 2 aromatic rings. The van der Waals surface area contributed by atoms with Crippen LogP contribution in [0.4, 0.5) is 4.79 Å². The number of carbonyl (C=O) groups excluding carboxylic acids is 2. The van der Waals surface area contributed by atoms with Crippen molar-refractivity contribution in [3.05, 3.63) is 70.4 Å². The summed E-state index contributed by atoms with van der Waals surface area (Å²) in [6.07, 6.45) is 1.59. The topological polar surface area (TPSA) is 58.6 Å². The second-order valence-electron chi connectivity index (χ2n) is 5.26. The molecule has 0 spiro atoms. The van der Waals surface area contributed by atoms with E-state index in [1.165, 1.54) is 12.0 Å². The molecule has 3 amide bonds. The molecular weight excluding hydrogens is 328 g/mol. The van der Waals surface area contributed by atoms with E-state index in [9.17, 15) is 9.59 Å². The van der Waals surface area contributed by atoms with Gasteiger partial charge in [-0.3, -0.25) is 9.69 Å². The number of halogens is 1. The molecule has 3 rings (SSSR count). The predicted molar refractivity (Wildman–Crippen MR) is 91.5 cm³/mol. The molecular formula is C18H15ClN2O3. The SMILES string of the molecule is COc1ccc(C=C2NC(=O)N(Cc3ccccc3)C2=O)cc1Cl. The summed E-state index contributed by atoms with van der Waals surface area (Å²) in [5.74, 6) is 0.182. The lowest BCUT2D eigenvalue weighted by Gasteiger charge is -2.11. The smallest absolute Gasteiger partial charge is 0.329 e. The van der Waals surface area contributed by atoms with E-state index >= 15 is 0 Å². The highest BCUT2D eigenvalue weighted by Gasteiger charge is 2.33. The number of urea groups is 1. The fourth-order valence-electron chi connectivity index (χ4n) is 2.42. The van der Waals surface area contributed by atoms with Gasteiger partial charge in [0, 0.05) is 0 Å². The monoisotopic (exact) mass is 342 g/mol. The van der Waals surface area contributed by atoms with E-state index in [0.717, 1.165) is 5.56 Å². The van der Waals surface area contributed by atoms with Crippen molar-refractivity contribution in [3.8, 4) is 5.75 Å². The normalized spacial score (nSPS) is 15.8. The Morgan fingerprint density at radius 2 is 1.92 bits per heavy atom. The van der Waals surface area contributed by atoms with Gasteiger partial charge in [0.25, 0.3) is 5.91 Å². The third-order valence-electron chi connectivity index (χ3n) is 3.63. The van der Waals surface area contributed by atoms with Crippen LogP contribution < -0.4 is 10.1 Å². The van der Waals surface area contributed by atoms with Crippen LogP contribution in [0.5, 0.6) is 5.75 Å². The molecule has 5 nitrogen and oxygen atoms in total. The van der Waals surface area contributed by atoms with Gasteiger partial charge < -0.3 is 10.1 Å². The van der Waals surface area contributed by atoms with Crippen molar-refractivity contribution in [3.63, 3.8) is 0 Å². The Balaban J connectivity index is 1.82. The van der Waals surface area contributed by atoms with Crippen molar-refractivity contribution in [1.29, 1.82) is 0 Å². The third kappa shape index (κ3) is 3.26. The molecule has 6 heteroatoms. The molecule has 1 N–H and O–H groups in total. The van der Waals surface area contributed by atoms with Crippen molar-refractivity contribution in [2.45, 2.75) is 6.54 Å². The Labute approximate surface area is 144 Å². The first-order chi connectivity index (χ1) is 11.6. The minimum atomic E-state index is -0.435. The summed E-state index contributed by atoms with van der Waals surface area (Å²) in [6, 6.07) is 14.1. The van der Waals surface area contributed by atoms with Crippen molar-refractivity contribution in [2.75, 3.05) is 7.11 Å². The molecule has 2 aromatic carbocycles. The average Bonchev–Trinajstić information content (AvgIpc) is 2.84. The van der Waals surface area contributed by atoms with Gasteiger partial charge in [0.05, 0.1) is 18.7 Å². The van der Waals surface area contributed by atoms with Crippen LogP contribution >= 0.6 is 11.6 Å². The number of carbonyl (C=O) groups is 2. The molecule has 1 fully saturated rings. The van der Waals surface area contributed by atoms with E-state index in [0.29, 0.717) is 16.3 Å². The maximum absolute atomic E-state index is 12.4. The number of hydrogen-bond donors (Lipinski definition) is 1. The maximum Gasteiger partial charge on any atom is 0.329 e. The molecule has 0 atom stereocenters. The van der Waals surface area contributed by atoms with Crippen LogP contribution in [0.1, 0.15) is 11.1 Å². The molecule has 24 heavy (non-hydrogen) atoms. The van der Waals surface area contributed by atoms with Crippen LogP contribution in [-0.4, -0.2) is 23.9 Å².